The molecule has 1 N–H and O–H groups in total. The minimum atomic E-state index is -4.09. The van der Waals surface area contributed by atoms with E-state index < -0.39 is 46.7 Å². The van der Waals surface area contributed by atoms with E-state index in [1.807, 2.05) is 84.9 Å². The summed E-state index contributed by atoms with van der Waals surface area (Å²) in [5, 5.41) is 4.18. The van der Waals surface area contributed by atoms with Gasteiger partial charge < -0.3 is 20.0 Å². The predicted molar refractivity (Wildman–Crippen MR) is 498 cm³/mol. The maximum absolute atomic E-state index is 14.4. The first kappa shape index (κ1) is 96.8. The number of imidazole rings is 3. The van der Waals surface area contributed by atoms with Crippen molar-refractivity contribution in [3.05, 3.63) is 241 Å². The number of amides is 7. The summed E-state index contributed by atoms with van der Waals surface area (Å²) in [6.45, 7) is 10.4. The molecular formula is C87H92BrCl6N19O12S3. The largest absolute Gasteiger partial charge is 0.341 e. The van der Waals surface area contributed by atoms with Crippen molar-refractivity contribution < 1.29 is 54.0 Å². The van der Waals surface area contributed by atoms with E-state index in [1.54, 1.807) is 115 Å². The van der Waals surface area contributed by atoms with Crippen LogP contribution in [0.3, 0.4) is 0 Å². The van der Waals surface area contributed by atoms with Gasteiger partial charge in [0.05, 0.1) is 35.7 Å². The van der Waals surface area contributed by atoms with Gasteiger partial charge in [0, 0.05) is 184 Å². The number of hydrogen-bond donors (Lipinski definition) is 1. The Balaban J connectivity index is 0.000000172. The molecule has 6 aliphatic rings. The summed E-state index contributed by atoms with van der Waals surface area (Å²) in [5.41, 5.74) is 3.20. The molecule has 0 unspecified atom stereocenters. The van der Waals surface area contributed by atoms with Crippen LogP contribution in [0.2, 0.25) is 30.1 Å². The second-order valence-electron chi connectivity index (χ2n) is 31.0. The molecule has 17 rings (SSSR count). The molecule has 0 aliphatic carbocycles. The quantitative estimate of drug-likeness (QED) is 0.0885. The highest BCUT2D eigenvalue weighted by Crippen LogP contribution is 2.50. The van der Waals surface area contributed by atoms with Crippen molar-refractivity contribution in [2.24, 2.45) is 0 Å². The number of benzene rings is 6. The molecule has 6 aromatic carbocycles. The van der Waals surface area contributed by atoms with Crippen molar-refractivity contribution in [3.8, 4) is 22.3 Å². The average molecular weight is 1980 g/mol. The van der Waals surface area contributed by atoms with Gasteiger partial charge in [0.1, 0.15) is 22.9 Å². The molecule has 7 amide bonds. The third-order valence-corrected chi connectivity index (χ3v) is 30.2. The van der Waals surface area contributed by atoms with E-state index in [-0.39, 0.29) is 189 Å². The Kier molecular flexibility index (Phi) is 29.1. The van der Waals surface area contributed by atoms with Crippen LogP contribution in [0.5, 0.6) is 0 Å². The molecule has 31 nitrogen and oxygen atoms in total. The number of urea groups is 1. The number of carbonyl (C=O) groups excluding carboxylic acids is 6. The molecule has 0 bridgehead atoms. The normalized spacial score (nSPS) is 18.9. The first-order chi connectivity index (χ1) is 59.4. The number of hydrogen-bond acceptors (Lipinski definition) is 18. The summed E-state index contributed by atoms with van der Waals surface area (Å²) >= 11 is 41.1. The minimum absolute atomic E-state index is 0. The minimum Gasteiger partial charge on any atom is -0.341 e. The Hall–Kier alpha value is -10.3. The SMILES string of the molecule is C.C.C.CC(=O)N1CCN(S(=O)(=O)c2cnc3n2[C@](C)(Cc2ccc(-c4cccnc4)cc2)C(=O)N3c2cc(Cl)cc(Cl)c2)CC1.CC(=O)N1CCN(S(=O)(=O)c2cnc3n2[C@](C)(Cc2ccc(-c4cncnc4)cc2)C(=O)N3c2cc(Cl)cc(Cl)c2)CC1.CNC(=O)N1CCN(S(=O)(=O)c2cnc3n2[C@](C)(Cc2ccc(Br)cc2)C(=O)N3c2cc(Cl)cc(Cl)c2)CC1. The highest BCUT2D eigenvalue weighted by Gasteiger charge is 2.56. The van der Waals surface area contributed by atoms with Crippen molar-refractivity contribution in [1.29, 1.82) is 0 Å². The Labute approximate surface area is 781 Å². The van der Waals surface area contributed by atoms with Crippen LogP contribution in [0.25, 0.3) is 22.3 Å². The Morgan fingerprint density at radius 2 is 0.680 bits per heavy atom. The zero-order valence-corrected chi connectivity index (χ0v) is 76.4. The van der Waals surface area contributed by atoms with Gasteiger partial charge in [0.2, 0.25) is 29.7 Å². The fraction of sp³-hybridized carbons (Fsp3) is 0.310. The van der Waals surface area contributed by atoms with Gasteiger partial charge >= 0.3 is 6.03 Å². The second-order valence-corrected chi connectivity index (χ2v) is 40.2. The van der Waals surface area contributed by atoms with Crippen molar-refractivity contribution in [2.45, 2.75) is 108 Å². The van der Waals surface area contributed by atoms with Gasteiger partial charge in [-0.3, -0.25) is 42.7 Å². The number of fused-ring (bicyclic) bond motifs is 3. The third-order valence-electron chi connectivity index (χ3n) is 22.8. The summed E-state index contributed by atoms with van der Waals surface area (Å²) in [6.07, 6.45) is 12.8. The standard InChI is InChI=1S/C30H28Cl2N6O4S.C29H27Cl2N7O4S.C25H25BrCl2N6O4S.3CH4/c1-20(39)35-10-12-36(13-11-35)43(41,42)27-19-34-29-37(26-15-24(31)14-25(32)16-26)28(40)30(2,38(27)29)17-21-5-7-22(8-6-21)23-4-3-9-33-18-23;1-19(39)35-7-9-36(10-8-35)43(41,42)26-17-34-28-37(25-12-23(30)11-24(31)13-25)27(40)29(2,38(26)28)14-20-3-5-21(6-4-20)22-15-32-18-33-16-22;1-25(14-16-3-5-17(26)6-4-16)22(35)33(20-12-18(27)11-19(28)13-20)23-30-15-21(34(23)25)39(37,38)32-9-7-31(8-10-32)24(36)29-2;;;/h3-9,14-16,18-19H,10-13,17H2,1-2H3;3-6,11-13,15-18H,7-10,14H2,1-2H3;3-6,11-13,15H,7-10,14H2,1-2H3,(H,29,36);3*1H4/t30-;29-;25-;;;/m111.../s1. The monoisotopic (exact) mass is 1980 g/mol. The van der Waals surface area contributed by atoms with E-state index in [2.05, 4.69) is 51.2 Å². The Morgan fingerprint density at radius 1 is 0.391 bits per heavy atom. The summed E-state index contributed by atoms with van der Waals surface area (Å²) in [7, 11) is -10.7. The van der Waals surface area contributed by atoms with Crippen molar-refractivity contribution in [2.75, 3.05) is 100 Å². The zero-order valence-electron chi connectivity index (χ0n) is 67.8. The molecule has 674 valence electrons. The summed E-state index contributed by atoms with van der Waals surface area (Å²) in [6, 6.07) is 40.6. The predicted octanol–water partition coefficient (Wildman–Crippen LogP) is 15.0. The van der Waals surface area contributed by atoms with E-state index in [4.69, 9.17) is 69.6 Å². The first-order valence-electron chi connectivity index (χ1n) is 39.2. The van der Waals surface area contributed by atoms with Crippen LogP contribution in [0.15, 0.2) is 209 Å². The van der Waals surface area contributed by atoms with Crippen molar-refractivity contribution in [3.63, 3.8) is 0 Å². The molecule has 3 fully saturated rings. The lowest BCUT2D eigenvalue weighted by Gasteiger charge is -2.34. The topological polar surface area (TPSA) is 338 Å². The molecule has 3 saturated heterocycles. The number of aromatic nitrogens is 9. The molecular weight excluding hydrogens is 1890 g/mol. The molecule has 0 spiro atoms. The van der Waals surface area contributed by atoms with Gasteiger partial charge in [-0.1, -0.05) is 175 Å². The number of pyridine rings is 1. The number of nitrogens with one attached hydrogen (secondary N) is 1. The van der Waals surface area contributed by atoms with Crippen LogP contribution in [0.1, 0.15) is 73.6 Å². The number of carbonyl (C=O) groups is 6. The summed E-state index contributed by atoms with van der Waals surface area (Å²) < 4.78 is 93.6. The lowest BCUT2D eigenvalue weighted by atomic mass is 9.91. The number of rotatable bonds is 17. The molecule has 5 aromatic heterocycles. The number of piperazine rings is 3. The fourth-order valence-corrected chi connectivity index (χ4v) is 23.1. The highest BCUT2D eigenvalue weighted by molar-refractivity contribution is 9.10. The van der Waals surface area contributed by atoms with Crippen LogP contribution in [-0.4, -0.2) is 218 Å². The van der Waals surface area contributed by atoms with Gasteiger partial charge in [-0.05, 0) is 127 Å². The molecule has 11 heterocycles. The van der Waals surface area contributed by atoms with Gasteiger partial charge in [-0.2, -0.15) is 12.9 Å². The van der Waals surface area contributed by atoms with Gasteiger partial charge in [-0.15, -0.1) is 0 Å². The van der Waals surface area contributed by atoms with Gasteiger partial charge in [-0.25, -0.2) is 69.7 Å². The van der Waals surface area contributed by atoms with Gasteiger partial charge in [0.15, 0.2) is 15.1 Å². The van der Waals surface area contributed by atoms with E-state index >= 15 is 0 Å². The number of nitrogens with zero attached hydrogens (tertiary/aromatic N) is 18. The van der Waals surface area contributed by atoms with E-state index in [1.165, 1.54) is 87.1 Å². The first-order valence-corrected chi connectivity index (χ1v) is 46.5. The average Bonchev–Trinajstić information content (AvgIpc) is 1.56. The van der Waals surface area contributed by atoms with E-state index in [0.717, 1.165) is 43.4 Å². The molecule has 0 radical (unpaired) electrons. The molecule has 0 saturated carbocycles. The zero-order chi connectivity index (χ0) is 89.1. The highest BCUT2D eigenvalue weighted by atomic mass is 79.9. The van der Waals surface area contributed by atoms with E-state index in [0.29, 0.717) is 47.2 Å². The van der Waals surface area contributed by atoms with Crippen LogP contribution in [0.4, 0.5) is 39.7 Å². The van der Waals surface area contributed by atoms with Crippen LogP contribution in [0, 0.1) is 0 Å². The van der Waals surface area contributed by atoms with Gasteiger partial charge in [0.25, 0.3) is 47.8 Å². The summed E-state index contributed by atoms with van der Waals surface area (Å²) in [4.78, 5) is 113. The number of sulfonamides is 3. The molecule has 6 aliphatic heterocycles. The molecule has 41 heteroatoms. The lowest BCUT2D eigenvalue weighted by molar-refractivity contribution is -0.130. The van der Waals surface area contributed by atoms with Crippen LogP contribution >= 0.6 is 85.5 Å². The van der Waals surface area contributed by atoms with Crippen molar-refractivity contribution >= 4 is 186 Å². The second kappa shape index (κ2) is 38.4. The smallest absolute Gasteiger partial charge is 0.317 e. The maximum Gasteiger partial charge on any atom is 0.317 e. The van der Waals surface area contributed by atoms with Crippen LogP contribution < -0.4 is 20.0 Å². The van der Waals surface area contributed by atoms with Crippen molar-refractivity contribution in [1.82, 2.24) is 76.5 Å². The number of halogens is 7. The maximum atomic E-state index is 14.4. The summed E-state index contributed by atoms with van der Waals surface area (Å²) in [5.74, 6) is -0.889. The van der Waals surface area contributed by atoms with Crippen LogP contribution in [-0.2, 0) is 89.9 Å². The fourth-order valence-electron chi connectivity index (χ4n) is 16.4. The Bertz CT molecular complexity index is 6100. The Morgan fingerprint density at radius 3 is 0.969 bits per heavy atom. The third kappa shape index (κ3) is 18.7. The lowest BCUT2D eigenvalue weighted by Crippen LogP contribution is -2.53. The van der Waals surface area contributed by atoms with E-state index in [9.17, 15) is 54.0 Å². The number of anilines is 6. The molecule has 3 atom stereocenters. The molecule has 11 aromatic rings. The molecule has 128 heavy (non-hydrogen) atoms.